The molecule has 2 rings (SSSR count). The van der Waals surface area contributed by atoms with Gasteiger partial charge < -0.3 is 10.1 Å². The normalized spacial score (nSPS) is 17.8. The molecule has 0 radical (unpaired) electrons. The second kappa shape index (κ2) is 8.42. The van der Waals surface area contributed by atoms with E-state index in [9.17, 15) is 0 Å². The molecule has 1 aromatic rings. The third kappa shape index (κ3) is 4.23. The molecule has 114 valence electrons. The summed E-state index contributed by atoms with van der Waals surface area (Å²) >= 11 is 4.11. The highest BCUT2D eigenvalue weighted by atomic mass is 32.2. The molecule has 0 saturated carbocycles. The minimum atomic E-state index is 0.491. The van der Waals surface area contributed by atoms with Crippen molar-refractivity contribution in [1.29, 1.82) is 0 Å². The molecule has 0 aromatic carbocycles. The van der Waals surface area contributed by atoms with Crippen LogP contribution in [0.2, 0.25) is 0 Å². The van der Waals surface area contributed by atoms with Gasteiger partial charge in [0.1, 0.15) is 0 Å². The Morgan fingerprint density at radius 2 is 2.30 bits per heavy atom. The number of methoxy groups -OCH3 is 1. The Labute approximate surface area is 131 Å². The molecule has 2 nitrogen and oxygen atoms in total. The van der Waals surface area contributed by atoms with Crippen molar-refractivity contribution in [2.45, 2.75) is 44.9 Å². The fourth-order valence-corrected chi connectivity index (χ4v) is 5.26. The fraction of sp³-hybridized carbons (Fsp3) is 0.750. The van der Waals surface area contributed by atoms with Crippen LogP contribution in [0.3, 0.4) is 0 Å². The van der Waals surface area contributed by atoms with Crippen molar-refractivity contribution in [2.75, 3.05) is 26.0 Å². The van der Waals surface area contributed by atoms with Gasteiger partial charge in [-0.05, 0) is 49.1 Å². The summed E-state index contributed by atoms with van der Waals surface area (Å²) in [5.74, 6) is 3.12. The van der Waals surface area contributed by atoms with Crippen molar-refractivity contribution in [3.05, 3.63) is 21.4 Å². The van der Waals surface area contributed by atoms with Gasteiger partial charge in [0.15, 0.2) is 0 Å². The van der Waals surface area contributed by atoms with Crippen LogP contribution in [0.25, 0.3) is 0 Å². The molecule has 2 heterocycles. The van der Waals surface area contributed by atoms with Crippen molar-refractivity contribution in [2.24, 2.45) is 5.92 Å². The van der Waals surface area contributed by atoms with E-state index in [2.05, 4.69) is 37.0 Å². The predicted octanol–water partition coefficient (Wildman–Crippen LogP) is 4.25. The van der Waals surface area contributed by atoms with Gasteiger partial charge in [0.05, 0.1) is 0 Å². The lowest BCUT2D eigenvalue weighted by molar-refractivity contribution is 0.170. The minimum absolute atomic E-state index is 0.491. The smallest absolute Gasteiger partial charge is 0.0465 e. The van der Waals surface area contributed by atoms with Gasteiger partial charge >= 0.3 is 0 Å². The van der Waals surface area contributed by atoms with E-state index in [1.807, 2.05) is 11.3 Å². The van der Waals surface area contributed by atoms with Crippen LogP contribution in [0.1, 0.15) is 48.0 Å². The van der Waals surface area contributed by atoms with E-state index in [0.29, 0.717) is 12.0 Å². The Morgan fingerprint density at radius 3 is 3.00 bits per heavy atom. The quantitative estimate of drug-likeness (QED) is 0.775. The molecular formula is C16H27NOS2. The molecule has 0 spiro atoms. The summed E-state index contributed by atoms with van der Waals surface area (Å²) in [6, 6.07) is 2.95. The van der Waals surface area contributed by atoms with Gasteiger partial charge in [-0.1, -0.05) is 13.8 Å². The number of ether oxygens (including phenoxy) is 1. The summed E-state index contributed by atoms with van der Waals surface area (Å²) in [4.78, 5) is 3.16. The van der Waals surface area contributed by atoms with Crippen LogP contribution < -0.4 is 5.32 Å². The van der Waals surface area contributed by atoms with Gasteiger partial charge in [-0.25, -0.2) is 0 Å². The van der Waals surface area contributed by atoms with E-state index in [-0.39, 0.29) is 0 Å². The molecule has 1 aliphatic heterocycles. The zero-order valence-electron chi connectivity index (χ0n) is 12.9. The van der Waals surface area contributed by atoms with Crippen LogP contribution in [-0.2, 0) is 16.9 Å². The summed E-state index contributed by atoms with van der Waals surface area (Å²) in [6.07, 6.45) is 3.57. The SMILES string of the molecule is CCCNC(c1cc2c(s1)CCSC2)C(C)CCOC. The molecule has 1 N–H and O–H groups in total. The standard InChI is InChI=1S/C16H27NOS2/c1-4-7-17-16(12(2)5-8-18-3)15-10-13-11-19-9-6-14(13)20-15/h10,12,16-17H,4-9,11H2,1-3H3. The molecule has 4 heteroatoms. The summed E-state index contributed by atoms with van der Waals surface area (Å²) in [5.41, 5.74) is 1.59. The van der Waals surface area contributed by atoms with Gasteiger partial charge in [0.25, 0.3) is 0 Å². The largest absolute Gasteiger partial charge is 0.385 e. The Bertz CT molecular complexity index is 382. The van der Waals surface area contributed by atoms with Gasteiger partial charge in [-0.3, -0.25) is 0 Å². The molecule has 2 atom stereocenters. The van der Waals surface area contributed by atoms with Crippen molar-refractivity contribution < 1.29 is 4.74 Å². The van der Waals surface area contributed by atoms with Crippen molar-refractivity contribution >= 4 is 23.1 Å². The molecule has 0 bridgehead atoms. The molecule has 1 aromatic heterocycles. The number of aryl methyl sites for hydroxylation is 1. The van der Waals surface area contributed by atoms with Crippen LogP contribution in [0.5, 0.6) is 0 Å². The lowest BCUT2D eigenvalue weighted by Crippen LogP contribution is -2.27. The number of nitrogens with one attached hydrogen (secondary N) is 1. The Morgan fingerprint density at radius 1 is 1.45 bits per heavy atom. The number of thioether (sulfide) groups is 1. The second-order valence-corrected chi connectivity index (χ2v) is 7.86. The van der Waals surface area contributed by atoms with E-state index in [1.165, 1.54) is 29.2 Å². The van der Waals surface area contributed by atoms with Gasteiger partial charge in [0.2, 0.25) is 0 Å². The van der Waals surface area contributed by atoms with Gasteiger partial charge in [-0.2, -0.15) is 11.8 Å². The third-order valence-corrected chi connectivity index (χ3v) is 6.24. The summed E-state index contributed by atoms with van der Waals surface area (Å²) in [5, 5.41) is 3.75. The Balaban J connectivity index is 2.10. The maximum atomic E-state index is 5.26. The van der Waals surface area contributed by atoms with Crippen molar-refractivity contribution in [3.63, 3.8) is 0 Å². The molecular weight excluding hydrogens is 286 g/mol. The molecule has 0 amide bonds. The first-order chi connectivity index (χ1) is 9.76. The average Bonchev–Trinajstić information content (AvgIpc) is 2.89. The highest BCUT2D eigenvalue weighted by molar-refractivity contribution is 7.98. The monoisotopic (exact) mass is 313 g/mol. The number of hydrogen-bond donors (Lipinski definition) is 1. The molecule has 0 saturated heterocycles. The topological polar surface area (TPSA) is 21.3 Å². The van der Waals surface area contributed by atoms with E-state index in [0.717, 1.165) is 19.6 Å². The molecule has 20 heavy (non-hydrogen) atoms. The zero-order valence-corrected chi connectivity index (χ0v) is 14.5. The van der Waals surface area contributed by atoms with E-state index < -0.39 is 0 Å². The first-order valence-corrected chi connectivity index (χ1v) is 9.65. The van der Waals surface area contributed by atoms with Crippen LogP contribution in [-0.4, -0.2) is 26.0 Å². The first kappa shape index (κ1) is 16.3. The number of fused-ring (bicyclic) bond motifs is 1. The van der Waals surface area contributed by atoms with Gasteiger partial charge in [-0.15, -0.1) is 11.3 Å². The average molecular weight is 314 g/mol. The minimum Gasteiger partial charge on any atom is -0.385 e. The predicted molar refractivity (Wildman–Crippen MR) is 90.9 cm³/mol. The van der Waals surface area contributed by atoms with E-state index in [1.54, 1.807) is 17.6 Å². The second-order valence-electron chi connectivity index (χ2n) is 5.59. The van der Waals surface area contributed by atoms with Crippen LogP contribution >= 0.6 is 23.1 Å². The zero-order chi connectivity index (χ0) is 14.4. The van der Waals surface area contributed by atoms with Crippen LogP contribution in [0.15, 0.2) is 6.07 Å². The van der Waals surface area contributed by atoms with Crippen molar-refractivity contribution in [1.82, 2.24) is 5.32 Å². The highest BCUT2D eigenvalue weighted by Gasteiger charge is 2.23. The third-order valence-electron chi connectivity index (χ3n) is 3.91. The highest BCUT2D eigenvalue weighted by Crippen LogP contribution is 2.37. The van der Waals surface area contributed by atoms with Crippen molar-refractivity contribution in [3.8, 4) is 0 Å². The van der Waals surface area contributed by atoms with E-state index in [4.69, 9.17) is 4.74 Å². The number of hydrogen-bond acceptors (Lipinski definition) is 4. The maximum absolute atomic E-state index is 5.26. The lowest BCUT2D eigenvalue weighted by atomic mass is 9.96. The maximum Gasteiger partial charge on any atom is 0.0465 e. The molecule has 2 unspecified atom stereocenters. The summed E-state index contributed by atoms with van der Waals surface area (Å²) < 4.78 is 5.26. The Kier molecular flexibility index (Phi) is 6.88. The molecule has 0 fully saturated rings. The van der Waals surface area contributed by atoms with Crippen LogP contribution in [0, 0.1) is 5.92 Å². The summed E-state index contributed by atoms with van der Waals surface area (Å²) in [7, 11) is 1.79. The summed E-state index contributed by atoms with van der Waals surface area (Å²) in [6.45, 7) is 6.53. The van der Waals surface area contributed by atoms with E-state index >= 15 is 0 Å². The first-order valence-electron chi connectivity index (χ1n) is 7.67. The number of rotatable bonds is 8. The number of thiophene rings is 1. The Hall–Kier alpha value is -0.0300. The van der Waals surface area contributed by atoms with Crippen LogP contribution in [0.4, 0.5) is 0 Å². The lowest BCUT2D eigenvalue weighted by Gasteiger charge is -2.24. The van der Waals surface area contributed by atoms with Gasteiger partial charge in [0, 0.05) is 35.3 Å². The molecule has 0 aliphatic carbocycles. The molecule has 1 aliphatic rings. The fourth-order valence-electron chi connectivity index (χ4n) is 2.68.